The number of fused-ring (bicyclic) bond motifs is 1. The average molecular weight is 385 g/mol. The van der Waals surface area contributed by atoms with Gasteiger partial charge in [0.2, 0.25) is 0 Å². The summed E-state index contributed by atoms with van der Waals surface area (Å²) < 4.78 is 7.14. The van der Waals surface area contributed by atoms with Gasteiger partial charge in [-0.05, 0) is 44.7 Å². The molecule has 0 fully saturated rings. The van der Waals surface area contributed by atoms with E-state index in [1.165, 1.54) is 16.7 Å². The lowest BCUT2D eigenvalue weighted by molar-refractivity contribution is 0.177. The number of aliphatic imine (C=N–C) groups is 1. The highest BCUT2D eigenvalue weighted by molar-refractivity contribution is 5.80. The summed E-state index contributed by atoms with van der Waals surface area (Å²) in [4.78, 5) is 9.33. The zero-order valence-corrected chi connectivity index (χ0v) is 17.5. The molecule has 3 rings (SSSR count). The number of aryl methyl sites for hydroxylation is 3. The van der Waals surface area contributed by atoms with Crippen molar-refractivity contribution in [2.24, 2.45) is 4.99 Å². The lowest BCUT2D eigenvalue weighted by atomic mass is 10.0. The fourth-order valence-corrected chi connectivity index (χ4v) is 3.60. The van der Waals surface area contributed by atoms with Crippen molar-refractivity contribution in [3.8, 4) is 0 Å². The zero-order chi connectivity index (χ0) is 19.9. The minimum Gasteiger partial charge on any atom is -0.377 e. The van der Waals surface area contributed by atoms with Crippen LogP contribution in [0.15, 0.2) is 23.2 Å². The second-order valence-electron chi connectivity index (χ2n) is 7.38. The first-order valence-corrected chi connectivity index (χ1v) is 10.1. The summed E-state index contributed by atoms with van der Waals surface area (Å²) in [6, 6.07) is 6.91. The summed E-state index contributed by atoms with van der Waals surface area (Å²) in [7, 11) is 1.67. The maximum atomic E-state index is 5.14. The molecule has 1 unspecified atom stereocenters. The average Bonchev–Trinajstić information content (AvgIpc) is 3.05. The Hall–Kier alpha value is -2.41. The highest BCUT2D eigenvalue weighted by Crippen LogP contribution is 2.14. The molecule has 2 heterocycles. The molecule has 0 amide bonds. The minimum atomic E-state index is 0.295. The normalized spacial score (nSPS) is 16.7. The molecule has 1 aliphatic heterocycles. The first-order valence-electron chi connectivity index (χ1n) is 10.1. The molecule has 0 radical (unpaired) electrons. The van der Waals surface area contributed by atoms with Crippen LogP contribution in [0.1, 0.15) is 41.7 Å². The number of guanidine groups is 1. The smallest absolute Gasteiger partial charge is 0.191 e. The number of hydrogen-bond acceptors (Lipinski definition) is 4. The van der Waals surface area contributed by atoms with Gasteiger partial charge < -0.3 is 15.4 Å². The predicted molar refractivity (Wildman–Crippen MR) is 112 cm³/mol. The quantitative estimate of drug-likeness (QED) is 0.565. The fraction of sp³-hybridized carbons (Fsp3) is 0.571. The standard InChI is InChI=1S/C21H32N6O/c1-5-22-21(23-11-10-17-7-6-15(2)12-16(17)3)24-18-8-9-20-25-19(14-28-4)26-27(20)13-18/h6-7,12,18H,5,8-11,13-14H2,1-4H3,(H2,22,23,24). The molecule has 0 saturated heterocycles. The van der Waals surface area contributed by atoms with Gasteiger partial charge in [-0.25, -0.2) is 9.67 Å². The van der Waals surface area contributed by atoms with Gasteiger partial charge in [0, 0.05) is 32.7 Å². The molecule has 1 aliphatic rings. The molecule has 2 aromatic rings. The second kappa shape index (κ2) is 9.68. The van der Waals surface area contributed by atoms with E-state index in [0.717, 1.165) is 56.5 Å². The molecule has 1 aromatic heterocycles. The molecule has 0 aliphatic carbocycles. The Morgan fingerprint density at radius 2 is 2.21 bits per heavy atom. The molecule has 7 heteroatoms. The molecule has 0 spiro atoms. The lowest BCUT2D eigenvalue weighted by Gasteiger charge is -2.25. The van der Waals surface area contributed by atoms with Crippen molar-refractivity contribution >= 4 is 5.96 Å². The number of nitrogens with one attached hydrogen (secondary N) is 2. The molecule has 1 atom stereocenters. The third kappa shape index (κ3) is 5.32. The van der Waals surface area contributed by atoms with Crippen LogP contribution in [0.25, 0.3) is 0 Å². The second-order valence-corrected chi connectivity index (χ2v) is 7.38. The summed E-state index contributed by atoms with van der Waals surface area (Å²) >= 11 is 0. The van der Waals surface area contributed by atoms with E-state index in [1.807, 2.05) is 4.68 Å². The summed E-state index contributed by atoms with van der Waals surface area (Å²) in [6.45, 7) is 9.26. The number of methoxy groups -OCH3 is 1. The van der Waals surface area contributed by atoms with Crippen LogP contribution in [0.3, 0.4) is 0 Å². The topological polar surface area (TPSA) is 76.4 Å². The van der Waals surface area contributed by atoms with Crippen LogP contribution in [0, 0.1) is 13.8 Å². The molecule has 0 bridgehead atoms. The molecular weight excluding hydrogens is 352 g/mol. The number of hydrogen-bond donors (Lipinski definition) is 2. The fourth-order valence-electron chi connectivity index (χ4n) is 3.60. The van der Waals surface area contributed by atoms with Crippen LogP contribution < -0.4 is 10.6 Å². The largest absolute Gasteiger partial charge is 0.377 e. The van der Waals surface area contributed by atoms with E-state index in [4.69, 9.17) is 9.73 Å². The summed E-state index contributed by atoms with van der Waals surface area (Å²) in [5, 5.41) is 11.5. The van der Waals surface area contributed by atoms with Crippen molar-refractivity contribution in [3.63, 3.8) is 0 Å². The van der Waals surface area contributed by atoms with Crippen LogP contribution in [0.5, 0.6) is 0 Å². The van der Waals surface area contributed by atoms with E-state index in [0.29, 0.717) is 12.6 Å². The molecular formula is C21H32N6O. The summed E-state index contributed by atoms with van der Waals surface area (Å²) in [5.41, 5.74) is 4.00. The van der Waals surface area contributed by atoms with E-state index in [9.17, 15) is 0 Å². The van der Waals surface area contributed by atoms with Gasteiger partial charge in [-0.2, -0.15) is 5.10 Å². The molecule has 2 N–H and O–H groups in total. The van der Waals surface area contributed by atoms with Crippen molar-refractivity contribution in [2.45, 2.75) is 59.2 Å². The number of ether oxygens (including phenoxy) is 1. The van der Waals surface area contributed by atoms with Crippen molar-refractivity contribution in [1.29, 1.82) is 0 Å². The Kier molecular flexibility index (Phi) is 7.03. The minimum absolute atomic E-state index is 0.295. The first kappa shape index (κ1) is 20.3. The number of nitrogens with zero attached hydrogens (tertiary/aromatic N) is 4. The highest BCUT2D eigenvalue weighted by atomic mass is 16.5. The van der Waals surface area contributed by atoms with Crippen LogP contribution in [0.2, 0.25) is 0 Å². The van der Waals surface area contributed by atoms with Crippen molar-refractivity contribution in [2.75, 3.05) is 20.2 Å². The van der Waals surface area contributed by atoms with Gasteiger partial charge in [0.25, 0.3) is 0 Å². The van der Waals surface area contributed by atoms with Gasteiger partial charge >= 0.3 is 0 Å². The molecule has 0 saturated carbocycles. The SMILES string of the molecule is CCNC(=NCCc1ccc(C)cc1C)NC1CCc2nc(COC)nn2C1. The Bertz CT molecular complexity index is 813. The first-order chi connectivity index (χ1) is 13.6. The Morgan fingerprint density at radius 3 is 2.96 bits per heavy atom. The van der Waals surface area contributed by atoms with Crippen LogP contribution in [-0.4, -0.2) is 47.0 Å². The van der Waals surface area contributed by atoms with E-state index in [-0.39, 0.29) is 0 Å². The third-order valence-electron chi connectivity index (χ3n) is 5.01. The molecule has 28 heavy (non-hydrogen) atoms. The third-order valence-corrected chi connectivity index (χ3v) is 5.01. The maximum absolute atomic E-state index is 5.14. The summed E-state index contributed by atoms with van der Waals surface area (Å²) in [6.07, 6.45) is 2.88. The van der Waals surface area contributed by atoms with E-state index in [2.05, 4.69) is 59.7 Å². The van der Waals surface area contributed by atoms with Crippen molar-refractivity contribution in [1.82, 2.24) is 25.4 Å². The van der Waals surface area contributed by atoms with Crippen LogP contribution in [0.4, 0.5) is 0 Å². The van der Waals surface area contributed by atoms with E-state index in [1.54, 1.807) is 7.11 Å². The number of aromatic nitrogens is 3. The lowest BCUT2D eigenvalue weighted by Crippen LogP contribution is -2.47. The van der Waals surface area contributed by atoms with Gasteiger partial charge in [0.15, 0.2) is 11.8 Å². The molecule has 152 valence electrons. The molecule has 1 aromatic carbocycles. The number of rotatable bonds is 7. The van der Waals surface area contributed by atoms with E-state index < -0.39 is 0 Å². The van der Waals surface area contributed by atoms with Crippen molar-refractivity contribution < 1.29 is 4.74 Å². The van der Waals surface area contributed by atoms with Gasteiger partial charge in [0.1, 0.15) is 12.4 Å². The van der Waals surface area contributed by atoms with Crippen LogP contribution in [-0.2, 0) is 30.7 Å². The van der Waals surface area contributed by atoms with Crippen molar-refractivity contribution in [3.05, 3.63) is 46.5 Å². The Balaban J connectivity index is 1.58. The van der Waals surface area contributed by atoms with E-state index >= 15 is 0 Å². The van der Waals surface area contributed by atoms with Crippen LogP contribution >= 0.6 is 0 Å². The Labute approximate surface area is 167 Å². The maximum Gasteiger partial charge on any atom is 0.191 e. The Morgan fingerprint density at radius 1 is 1.36 bits per heavy atom. The zero-order valence-electron chi connectivity index (χ0n) is 17.5. The van der Waals surface area contributed by atoms with Gasteiger partial charge in [-0.3, -0.25) is 4.99 Å². The predicted octanol–water partition coefficient (Wildman–Crippen LogP) is 2.15. The summed E-state index contributed by atoms with van der Waals surface area (Å²) in [5.74, 6) is 2.67. The van der Waals surface area contributed by atoms with Gasteiger partial charge in [0.05, 0.1) is 6.54 Å². The van der Waals surface area contributed by atoms with Gasteiger partial charge in [-0.1, -0.05) is 23.8 Å². The molecule has 7 nitrogen and oxygen atoms in total. The monoisotopic (exact) mass is 384 g/mol. The highest BCUT2D eigenvalue weighted by Gasteiger charge is 2.22. The van der Waals surface area contributed by atoms with Gasteiger partial charge in [-0.15, -0.1) is 0 Å². The number of benzene rings is 1.